The van der Waals surface area contributed by atoms with Gasteiger partial charge in [-0.15, -0.1) is 10.2 Å². The summed E-state index contributed by atoms with van der Waals surface area (Å²) in [6.07, 6.45) is 5.11. The van der Waals surface area contributed by atoms with Crippen molar-refractivity contribution in [2.75, 3.05) is 0 Å². The Kier molecular flexibility index (Phi) is 4.28. The summed E-state index contributed by atoms with van der Waals surface area (Å²) in [5, 5.41) is 13.8. The number of para-hydroxylation sites is 1. The molecule has 154 valence electrons. The number of hydrogen-bond donors (Lipinski definition) is 0. The molecular weight excluding hydrogens is 410 g/mol. The van der Waals surface area contributed by atoms with E-state index in [1.165, 1.54) is 0 Å². The third-order valence-electron chi connectivity index (χ3n) is 5.96. The molecule has 0 bridgehead atoms. The Balaban J connectivity index is 1.51. The van der Waals surface area contributed by atoms with Crippen LogP contribution in [0, 0.1) is 6.92 Å². The lowest BCUT2D eigenvalue weighted by Crippen LogP contribution is -2.09. The Morgan fingerprint density at radius 1 is 1.06 bits per heavy atom. The normalized spacial score (nSPS) is 17.6. The smallest absolute Gasteiger partial charge is 0.227 e. The van der Waals surface area contributed by atoms with E-state index in [1.54, 1.807) is 0 Å². The molecule has 1 atom stereocenters. The highest BCUT2D eigenvalue weighted by molar-refractivity contribution is 6.30. The van der Waals surface area contributed by atoms with Gasteiger partial charge in [-0.05, 0) is 49.1 Å². The molecule has 31 heavy (non-hydrogen) atoms. The lowest BCUT2D eigenvalue weighted by molar-refractivity contribution is 0.368. The standard InChI is InChI=1S/C24H20ClN5O/c1-14-27-28-24-17(13-22-26-23(29-31-22)16-6-7-16)12-20(15-8-10-18(25)11-9-15)19-4-2-3-5-21(19)30(14)24/h2-5,8-12,16-17H,6-7,13H2,1H3/t17-/m1/s1. The van der Waals surface area contributed by atoms with Gasteiger partial charge in [0.1, 0.15) is 11.6 Å². The van der Waals surface area contributed by atoms with Crippen LogP contribution in [0.3, 0.4) is 0 Å². The van der Waals surface area contributed by atoms with E-state index in [9.17, 15) is 0 Å². The third-order valence-corrected chi connectivity index (χ3v) is 6.21. The molecule has 0 radical (unpaired) electrons. The molecule has 0 saturated heterocycles. The van der Waals surface area contributed by atoms with Gasteiger partial charge < -0.3 is 4.52 Å². The number of nitrogens with zero attached hydrogens (tertiary/aromatic N) is 5. The first-order valence-corrected chi connectivity index (χ1v) is 10.9. The predicted octanol–water partition coefficient (Wildman–Crippen LogP) is 5.26. The van der Waals surface area contributed by atoms with Gasteiger partial charge in [-0.3, -0.25) is 4.57 Å². The molecule has 4 aromatic rings. The zero-order chi connectivity index (χ0) is 20.9. The number of rotatable bonds is 4. The molecule has 1 saturated carbocycles. The molecule has 7 heteroatoms. The van der Waals surface area contributed by atoms with Crippen LogP contribution in [0.2, 0.25) is 5.02 Å². The molecule has 1 aliphatic carbocycles. The van der Waals surface area contributed by atoms with Crippen LogP contribution in [0.5, 0.6) is 0 Å². The van der Waals surface area contributed by atoms with Gasteiger partial charge in [0.15, 0.2) is 5.82 Å². The molecular formula is C24H20ClN5O. The summed E-state index contributed by atoms with van der Waals surface area (Å²) >= 11 is 6.16. The number of aryl methyl sites for hydroxylation is 1. The number of aromatic nitrogens is 5. The number of halogens is 1. The van der Waals surface area contributed by atoms with Gasteiger partial charge >= 0.3 is 0 Å². The zero-order valence-corrected chi connectivity index (χ0v) is 17.8. The van der Waals surface area contributed by atoms with Crippen LogP contribution < -0.4 is 0 Å². The second kappa shape index (κ2) is 7.17. The van der Waals surface area contributed by atoms with E-state index in [0.29, 0.717) is 23.3 Å². The second-order valence-corrected chi connectivity index (χ2v) is 8.61. The van der Waals surface area contributed by atoms with Crippen molar-refractivity contribution in [3.63, 3.8) is 0 Å². The largest absolute Gasteiger partial charge is 0.339 e. The topological polar surface area (TPSA) is 69.6 Å². The lowest BCUT2D eigenvalue weighted by atomic mass is 9.93. The Labute approximate surface area is 184 Å². The molecule has 3 heterocycles. The Morgan fingerprint density at radius 3 is 2.68 bits per heavy atom. The van der Waals surface area contributed by atoms with Crippen molar-refractivity contribution in [3.8, 4) is 5.69 Å². The lowest BCUT2D eigenvalue weighted by Gasteiger charge is -2.13. The van der Waals surface area contributed by atoms with Gasteiger partial charge in [0.05, 0.1) is 5.69 Å². The second-order valence-electron chi connectivity index (χ2n) is 8.18. The SMILES string of the molecule is Cc1nnc2n1-c1ccccc1C(c1ccc(Cl)cc1)=C[C@@H]2Cc1nc(C2CC2)no1. The van der Waals surface area contributed by atoms with Crippen LogP contribution in [-0.2, 0) is 6.42 Å². The number of hydrogen-bond acceptors (Lipinski definition) is 5. The van der Waals surface area contributed by atoms with E-state index in [1.807, 2.05) is 25.1 Å². The summed E-state index contributed by atoms with van der Waals surface area (Å²) in [7, 11) is 0. The monoisotopic (exact) mass is 429 g/mol. The first-order valence-electron chi connectivity index (χ1n) is 10.5. The quantitative estimate of drug-likeness (QED) is 0.442. The molecule has 0 amide bonds. The molecule has 0 N–H and O–H groups in total. The minimum absolute atomic E-state index is 0.0632. The molecule has 0 unspecified atom stereocenters. The molecule has 2 aliphatic rings. The predicted molar refractivity (Wildman–Crippen MR) is 117 cm³/mol. The summed E-state index contributed by atoms with van der Waals surface area (Å²) in [5.74, 6) is 3.58. The average Bonchev–Trinajstić information content (AvgIpc) is 3.44. The maximum Gasteiger partial charge on any atom is 0.227 e. The Morgan fingerprint density at radius 2 is 1.87 bits per heavy atom. The van der Waals surface area contributed by atoms with Crippen molar-refractivity contribution < 1.29 is 4.52 Å². The van der Waals surface area contributed by atoms with Crippen LogP contribution in [0.1, 0.15) is 59.2 Å². The van der Waals surface area contributed by atoms with Gasteiger partial charge in [0.2, 0.25) is 5.89 Å². The highest BCUT2D eigenvalue weighted by Crippen LogP contribution is 2.40. The number of benzene rings is 2. The Hall–Kier alpha value is -3.25. The van der Waals surface area contributed by atoms with Gasteiger partial charge in [0, 0.05) is 28.8 Å². The van der Waals surface area contributed by atoms with Crippen LogP contribution in [0.15, 0.2) is 59.1 Å². The van der Waals surface area contributed by atoms with Gasteiger partial charge in [0.25, 0.3) is 0 Å². The number of allylic oxidation sites excluding steroid dienone is 1. The Bertz CT molecular complexity index is 1300. The van der Waals surface area contributed by atoms with Crippen LogP contribution >= 0.6 is 11.6 Å². The molecule has 0 spiro atoms. The van der Waals surface area contributed by atoms with E-state index in [-0.39, 0.29) is 5.92 Å². The fourth-order valence-electron chi connectivity index (χ4n) is 4.26. The molecule has 1 aliphatic heterocycles. The van der Waals surface area contributed by atoms with Crippen molar-refractivity contribution in [3.05, 3.63) is 94.1 Å². The van der Waals surface area contributed by atoms with Crippen molar-refractivity contribution in [2.24, 2.45) is 0 Å². The molecule has 1 fully saturated rings. The first-order chi connectivity index (χ1) is 15.2. The van der Waals surface area contributed by atoms with Gasteiger partial charge in [-0.2, -0.15) is 4.98 Å². The third kappa shape index (κ3) is 3.27. The molecule has 2 aromatic heterocycles. The maximum atomic E-state index is 6.16. The maximum absolute atomic E-state index is 6.16. The summed E-state index contributed by atoms with van der Waals surface area (Å²) in [5.41, 5.74) is 4.42. The van der Waals surface area contributed by atoms with E-state index in [0.717, 1.165) is 52.7 Å². The molecule has 6 rings (SSSR count). The van der Waals surface area contributed by atoms with E-state index >= 15 is 0 Å². The summed E-state index contributed by atoms with van der Waals surface area (Å²) in [6, 6.07) is 16.3. The van der Waals surface area contributed by atoms with E-state index < -0.39 is 0 Å². The van der Waals surface area contributed by atoms with Crippen molar-refractivity contribution in [1.82, 2.24) is 24.9 Å². The van der Waals surface area contributed by atoms with Crippen LogP contribution in [0.25, 0.3) is 11.3 Å². The summed E-state index contributed by atoms with van der Waals surface area (Å²) < 4.78 is 7.74. The van der Waals surface area contributed by atoms with Crippen molar-refractivity contribution >= 4 is 17.2 Å². The van der Waals surface area contributed by atoms with Crippen LogP contribution in [0.4, 0.5) is 0 Å². The van der Waals surface area contributed by atoms with Crippen molar-refractivity contribution in [1.29, 1.82) is 0 Å². The molecule has 2 aromatic carbocycles. The van der Waals surface area contributed by atoms with Crippen LogP contribution in [-0.4, -0.2) is 24.9 Å². The van der Waals surface area contributed by atoms with Crippen molar-refractivity contribution in [2.45, 2.75) is 38.0 Å². The summed E-state index contributed by atoms with van der Waals surface area (Å²) in [6.45, 7) is 1.98. The highest BCUT2D eigenvalue weighted by atomic mass is 35.5. The van der Waals surface area contributed by atoms with Gasteiger partial charge in [-0.1, -0.05) is 53.2 Å². The highest BCUT2D eigenvalue weighted by Gasteiger charge is 2.31. The zero-order valence-electron chi connectivity index (χ0n) is 17.0. The number of fused-ring (bicyclic) bond motifs is 3. The van der Waals surface area contributed by atoms with Gasteiger partial charge in [-0.25, -0.2) is 0 Å². The molecule has 6 nitrogen and oxygen atoms in total. The minimum Gasteiger partial charge on any atom is -0.339 e. The first kappa shape index (κ1) is 18.5. The summed E-state index contributed by atoms with van der Waals surface area (Å²) in [4.78, 5) is 4.65. The fraction of sp³-hybridized carbons (Fsp3) is 0.250. The fourth-order valence-corrected chi connectivity index (χ4v) is 4.38. The van der Waals surface area contributed by atoms with E-state index in [2.05, 4.69) is 61.3 Å². The average molecular weight is 430 g/mol. The minimum atomic E-state index is -0.0632. The van der Waals surface area contributed by atoms with E-state index in [4.69, 9.17) is 16.1 Å².